The van der Waals surface area contributed by atoms with Crippen molar-refractivity contribution in [3.05, 3.63) is 0 Å². The summed E-state index contributed by atoms with van der Waals surface area (Å²) >= 11 is 0. The Hall–Kier alpha value is -0.0400. The van der Waals surface area contributed by atoms with Crippen LogP contribution in [0.2, 0.25) is 0 Å². The van der Waals surface area contributed by atoms with E-state index in [2.05, 4.69) is 25.7 Å². The van der Waals surface area contributed by atoms with E-state index in [0.717, 1.165) is 24.0 Å². The Bertz CT molecular complexity index is 153. The smallest absolute Gasteiger partial charge is 0.0133 e. The maximum atomic E-state index is 2.74. The van der Waals surface area contributed by atoms with Crippen LogP contribution in [0.3, 0.4) is 0 Å². The molecule has 1 nitrogen and oxygen atoms in total. The Kier molecular flexibility index (Phi) is 1.71. The minimum Gasteiger partial charge on any atom is -0.295 e. The summed E-state index contributed by atoms with van der Waals surface area (Å²) in [7, 11) is 0. The van der Waals surface area contributed by atoms with Crippen LogP contribution in [0.1, 0.15) is 40.0 Å². The van der Waals surface area contributed by atoms with Gasteiger partial charge in [-0.2, -0.15) is 0 Å². The molecule has 1 saturated carbocycles. The van der Waals surface area contributed by atoms with Gasteiger partial charge in [0, 0.05) is 18.1 Å². The molecule has 11 heavy (non-hydrogen) atoms. The lowest BCUT2D eigenvalue weighted by molar-refractivity contribution is 0.167. The van der Waals surface area contributed by atoms with E-state index in [0.29, 0.717) is 0 Å². The van der Waals surface area contributed by atoms with Crippen LogP contribution in [-0.2, 0) is 0 Å². The molecule has 0 N–H and O–H groups in total. The van der Waals surface area contributed by atoms with E-state index in [9.17, 15) is 0 Å². The predicted molar refractivity (Wildman–Crippen MR) is 47.6 cm³/mol. The molecule has 1 heteroatoms. The monoisotopic (exact) mass is 153 g/mol. The van der Waals surface area contributed by atoms with Crippen LogP contribution in [-0.4, -0.2) is 23.0 Å². The number of likely N-dealkylation sites (tertiary alicyclic amines) is 1. The highest BCUT2D eigenvalue weighted by Crippen LogP contribution is 2.48. The second-order valence-electron chi connectivity index (χ2n) is 4.35. The summed E-state index contributed by atoms with van der Waals surface area (Å²) in [6, 6.07) is 2.68. The van der Waals surface area contributed by atoms with Crippen LogP contribution < -0.4 is 0 Å². The van der Waals surface area contributed by atoms with Crippen LogP contribution in [0.5, 0.6) is 0 Å². The van der Waals surface area contributed by atoms with Gasteiger partial charge in [-0.05, 0) is 39.0 Å². The zero-order chi connectivity index (χ0) is 8.01. The molecule has 4 atom stereocenters. The highest BCUT2D eigenvalue weighted by molar-refractivity contribution is 5.05. The maximum Gasteiger partial charge on any atom is 0.0133 e. The molecular formula is C10H19N. The van der Waals surface area contributed by atoms with Crippen LogP contribution in [0.15, 0.2) is 0 Å². The van der Waals surface area contributed by atoms with Crippen molar-refractivity contribution in [2.45, 2.75) is 58.2 Å². The molecule has 0 aromatic carbocycles. The predicted octanol–water partition coefficient (Wildman–Crippen LogP) is 2.27. The fourth-order valence-corrected chi connectivity index (χ4v) is 2.71. The Labute approximate surface area is 69.8 Å². The van der Waals surface area contributed by atoms with Crippen molar-refractivity contribution >= 4 is 0 Å². The normalized spacial score (nSPS) is 45.5. The average Bonchev–Trinajstić information content (AvgIpc) is 2.63. The van der Waals surface area contributed by atoms with Gasteiger partial charge in [0.05, 0.1) is 0 Å². The third-order valence-corrected chi connectivity index (χ3v) is 3.52. The first-order chi connectivity index (χ1) is 5.24. The molecule has 0 bridgehead atoms. The molecule has 1 aliphatic carbocycles. The van der Waals surface area contributed by atoms with Gasteiger partial charge in [-0.25, -0.2) is 0 Å². The number of piperidine rings is 1. The van der Waals surface area contributed by atoms with Gasteiger partial charge >= 0.3 is 0 Å². The molecule has 64 valence electrons. The molecule has 0 radical (unpaired) electrons. The van der Waals surface area contributed by atoms with E-state index in [1.54, 1.807) is 0 Å². The van der Waals surface area contributed by atoms with E-state index in [1.807, 2.05) is 0 Å². The second kappa shape index (κ2) is 2.48. The third kappa shape index (κ3) is 1.10. The van der Waals surface area contributed by atoms with Gasteiger partial charge in [0.25, 0.3) is 0 Å². The lowest BCUT2D eigenvalue weighted by Crippen LogP contribution is -2.38. The summed E-state index contributed by atoms with van der Waals surface area (Å²) in [4.78, 5) is 2.74. The first-order valence-electron chi connectivity index (χ1n) is 5.01. The minimum absolute atomic E-state index is 0.822. The number of hydrogen-bond donors (Lipinski definition) is 0. The van der Waals surface area contributed by atoms with Crippen LogP contribution >= 0.6 is 0 Å². The van der Waals surface area contributed by atoms with Crippen molar-refractivity contribution in [2.24, 2.45) is 5.92 Å². The van der Waals surface area contributed by atoms with Crippen LogP contribution in [0.4, 0.5) is 0 Å². The fourth-order valence-electron chi connectivity index (χ4n) is 2.71. The highest BCUT2D eigenvalue weighted by atomic mass is 15.3. The molecule has 2 aliphatic rings. The molecule has 0 spiro atoms. The highest BCUT2D eigenvalue weighted by Gasteiger charge is 2.51. The molecule has 1 saturated heterocycles. The van der Waals surface area contributed by atoms with Gasteiger partial charge in [0.2, 0.25) is 0 Å². The molecule has 1 aliphatic heterocycles. The molecule has 2 rings (SSSR count). The van der Waals surface area contributed by atoms with Crippen molar-refractivity contribution in [2.75, 3.05) is 0 Å². The Morgan fingerprint density at radius 2 is 2.18 bits per heavy atom. The first kappa shape index (κ1) is 7.60. The Balaban J connectivity index is 2.00. The average molecular weight is 153 g/mol. The molecule has 0 aromatic heterocycles. The molecule has 0 amide bonds. The topological polar surface area (TPSA) is 3.24 Å². The van der Waals surface area contributed by atoms with Gasteiger partial charge in [-0.15, -0.1) is 0 Å². The minimum atomic E-state index is 0.822. The van der Waals surface area contributed by atoms with Crippen molar-refractivity contribution in [1.82, 2.24) is 4.90 Å². The van der Waals surface area contributed by atoms with E-state index >= 15 is 0 Å². The SMILES string of the molecule is CCC(C)N1C2CC2C[C@H]1C. The largest absolute Gasteiger partial charge is 0.295 e. The standard InChI is InChI=1S/C10H19N/c1-4-7(2)11-8(3)5-9-6-10(9)11/h7-10H,4-6H2,1-3H3/t7?,8-,9?,10?/m1/s1. The fraction of sp³-hybridized carbons (Fsp3) is 1.00. The first-order valence-corrected chi connectivity index (χ1v) is 5.01. The summed E-state index contributed by atoms with van der Waals surface area (Å²) in [5, 5.41) is 0. The summed E-state index contributed by atoms with van der Waals surface area (Å²) in [6.45, 7) is 7.06. The van der Waals surface area contributed by atoms with Crippen LogP contribution in [0, 0.1) is 5.92 Å². The Morgan fingerprint density at radius 3 is 2.64 bits per heavy atom. The number of rotatable bonds is 2. The van der Waals surface area contributed by atoms with Gasteiger partial charge < -0.3 is 0 Å². The van der Waals surface area contributed by atoms with E-state index < -0.39 is 0 Å². The molecule has 2 fully saturated rings. The summed E-state index contributed by atoms with van der Waals surface area (Å²) in [5.74, 6) is 1.08. The maximum absolute atomic E-state index is 2.74. The number of hydrogen-bond acceptors (Lipinski definition) is 1. The van der Waals surface area contributed by atoms with E-state index in [-0.39, 0.29) is 0 Å². The molecule has 3 unspecified atom stereocenters. The zero-order valence-electron chi connectivity index (χ0n) is 7.88. The molecule has 0 aromatic rings. The quantitative estimate of drug-likeness (QED) is 0.588. The van der Waals surface area contributed by atoms with Gasteiger partial charge in [-0.1, -0.05) is 6.92 Å². The van der Waals surface area contributed by atoms with Crippen molar-refractivity contribution < 1.29 is 0 Å². The molecule has 1 heterocycles. The van der Waals surface area contributed by atoms with Gasteiger partial charge in [0.15, 0.2) is 0 Å². The Morgan fingerprint density at radius 1 is 1.45 bits per heavy atom. The third-order valence-electron chi connectivity index (χ3n) is 3.52. The summed E-state index contributed by atoms with van der Waals surface area (Å²) in [5.41, 5.74) is 0. The summed E-state index contributed by atoms with van der Waals surface area (Å²) in [6.07, 6.45) is 4.28. The molecular weight excluding hydrogens is 134 g/mol. The second-order valence-corrected chi connectivity index (χ2v) is 4.35. The number of nitrogens with zero attached hydrogens (tertiary/aromatic N) is 1. The van der Waals surface area contributed by atoms with Crippen LogP contribution in [0.25, 0.3) is 0 Å². The number of fused-ring (bicyclic) bond motifs is 1. The van der Waals surface area contributed by atoms with Crippen molar-refractivity contribution in [3.8, 4) is 0 Å². The van der Waals surface area contributed by atoms with Gasteiger partial charge in [-0.3, -0.25) is 4.90 Å². The lowest BCUT2D eigenvalue weighted by atomic mass is 10.1. The summed E-state index contributed by atoms with van der Waals surface area (Å²) < 4.78 is 0. The van der Waals surface area contributed by atoms with Crippen molar-refractivity contribution in [3.63, 3.8) is 0 Å². The van der Waals surface area contributed by atoms with E-state index in [1.165, 1.54) is 19.3 Å². The lowest BCUT2D eigenvalue weighted by Gasteiger charge is -2.30. The zero-order valence-corrected chi connectivity index (χ0v) is 7.88. The van der Waals surface area contributed by atoms with Crippen molar-refractivity contribution in [1.29, 1.82) is 0 Å². The van der Waals surface area contributed by atoms with Gasteiger partial charge in [0.1, 0.15) is 0 Å². The van der Waals surface area contributed by atoms with E-state index in [4.69, 9.17) is 0 Å².